The van der Waals surface area contributed by atoms with E-state index >= 15 is 0 Å². The van der Waals surface area contributed by atoms with E-state index in [0.29, 0.717) is 5.41 Å². The molecular formula is C13H19N3. The molecule has 0 saturated carbocycles. The van der Waals surface area contributed by atoms with Gasteiger partial charge in [0, 0.05) is 17.6 Å². The molecule has 3 nitrogen and oxygen atoms in total. The minimum absolute atomic E-state index is 0.332. The van der Waals surface area contributed by atoms with Gasteiger partial charge in [-0.05, 0) is 30.0 Å². The molecule has 0 aliphatic rings. The van der Waals surface area contributed by atoms with Gasteiger partial charge in [-0.1, -0.05) is 20.8 Å². The Hall–Kier alpha value is -1.51. The van der Waals surface area contributed by atoms with Crippen molar-refractivity contribution in [2.24, 2.45) is 5.41 Å². The molecule has 3 heteroatoms. The van der Waals surface area contributed by atoms with Gasteiger partial charge in [0.1, 0.15) is 0 Å². The van der Waals surface area contributed by atoms with Crippen molar-refractivity contribution in [1.29, 1.82) is 0 Å². The largest absolute Gasteiger partial charge is 0.399 e. The van der Waals surface area contributed by atoms with Crippen molar-refractivity contribution < 1.29 is 0 Å². The first-order valence-corrected chi connectivity index (χ1v) is 5.67. The van der Waals surface area contributed by atoms with Crippen molar-refractivity contribution in [1.82, 2.24) is 9.78 Å². The normalized spacial score (nSPS) is 12.2. The van der Waals surface area contributed by atoms with E-state index in [1.165, 1.54) is 0 Å². The second-order valence-corrected chi connectivity index (χ2v) is 5.50. The van der Waals surface area contributed by atoms with E-state index in [2.05, 4.69) is 25.9 Å². The van der Waals surface area contributed by atoms with E-state index in [9.17, 15) is 0 Å². The Morgan fingerprint density at radius 3 is 2.75 bits per heavy atom. The molecule has 1 heterocycles. The summed E-state index contributed by atoms with van der Waals surface area (Å²) < 4.78 is 2.04. The smallest absolute Gasteiger partial charge is 0.0702 e. The van der Waals surface area contributed by atoms with Gasteiger partial charge in [-0.25, -0.2) is 0 Å². The minimum atomic E-state index is 0.332. The van der Waals surface area contributed by atoms with Crippen LogP contribution < -0.4 is 5.73 Å². The highest BCUT2D eigenvalue weighted by Gasteiger charge is 2.11. The van der Waals surface area contributed by atoms with Crippen LogP contribution in [0.4, 0.5) is 5.69 Å². The number of benzene rings is 1. The molecule has 16 heavy (non-hydrogen) atoms. The summed E-state index contributed by atoms with van der Waals surface area (Å²) >= 11 is 0. The summed E-state index contributed by atoms with van der Waals surface area (Å²) in [5.41, 5.74) is 8.05. The summed E-state index contributed by atoms with van der Waals surface area (Å²) in [5, 5.41) is 5.56. The quantitative estimate of drug-likeness (QED) is 0.786. The molecule has 2 aromatic rings. The van der Waals surface area contributed by atoms with Crippen molar-refractivity contribution in [2.75, 3.05) is 5.73 Å². The lowest BCUT2D eigenvalue weighted by Crippen LogP contribution is -2.11. The van der Waals surface area contributed by atoms with Crippen LogP contribution in [0.25, 0.3) is 10.9 Å². The molecule has 1 aromatic carbocycles. The molecule has 0 fully saturated rings. The number of nitrogens with zero attached hydrogens (tertiary/aromatic N) is 2. The second-order valence-electron chi connectivity index (χ2n) is 5.50. The second kappa shape index (κ2) is 3.81. The van der Waals surface area contributed by atoms with Gasteiger partial charge in [0.15, 0.2) is 0 Å². The number of aromatic nitrogens is 2. The predicted octanol–water partition coefficient (Wildman–Crippen LogP) is 3.05. The molecule has 0 aliphatic carbocycles. The molecule has 0 atom stereocenters. The van der Waals surface area contributed by atoms with Crippen LogP contribution in [-0.4, -0.2) is 9.78 Å². The summed E-state index contributed by atoms with van der Waals surface area (Å²) in [5.74, 6) is 0. The number of rotatable bonds is 2. The zero-order chi connectivity index (χ0) is 11.8. The fourth-order valence-electron chi connectivity index (χ4n) is 1.71. The first kappa shape index (κ1) is 11.0. The van der Waals surface area contributed by atoms with Crippen molar-refractivity contribution in [3.8, 4) is 0 Å². The van der Waals surface area contributed by atoms with E-state index in [4.69, 9.17) is 5.73 Å². The SMILES string of the molecule is CC(C)(C)CCn1ncc2ccc(N)cc21. The van der Waals surface area contributed by atoms with Crippen LogP contribution in [-0.2, 0) is 6.54 Å². The molecule has 0 bridgehead atoms. The van der Waals surface area contributed by atoms with Gasteiger partial charge >= 0.3 is 0 Å². The molecule has 2 N–H and O–H groups in total. The van der Waals surface area contributed by atoms with Gasteiger partial charge in [0.2, 0.25) is 0 Å². The summed E-state index contributed by atoms with van der Waals surface area (Å²) in [6.07, 6.45) is 3.01. The first-order valence-electron chi connectivity index (χ1n) is 5.67. The highest BCUT2D eigenvalue weighted by atomic mass is 15.3. The monoisotopic (exact) mass is 217 g/mol. The van der Waals surface area contributed by atoms with Crippen LogP contribution in [0.2, 0.25) is 0 Å². The first-order chi connectivity index (χ1) is 7.46. The van der Waals surface area contributed by atoms with Gasteiger partial charge < -0.3 is 5.73 Å². The summed E-state index contributed by atoms with van der Waals surface area (Å²) in [6.45, 7) is 7.67. The van der Waals surface area contributed by atoms with Crippen LogP contribution in [0.15, 0.2) is 24.4 Å². The maximum Gasteiger partial charge on any atom is 0.0702 e. The number of hydrogen-bond acceptors (Lipinski definition) is 2. The molecule has 0 amide bonds. The Morgan fingerprint density at radius 1 is 1.31 bits per heavy atom. The highest BCUT2D eigenvalue weighted by molar-refractivity contribution is 5.81. The third kappa shape index (κ3) is 2.35. The average molecular weight is 217 g/mol. The Bertz CT molecular complexity index is 491. The molecule has 86 valence electrons. The highest BCUT2D eigenvalue weighted by Crippen LogP contribution is 2.22. The number of anilines is 1. The maximum atomic E-state index is 5.79. The minimum Gasteiger partial charge on any atom is -0.399 e. The Labute approximate surface area is 96.2 Å². The van der Waals surface area contributed by atoms with E-state index < -0.39 is 0 Å². The average Bonchev–Trinajstić information content (AvgIpc) is 2.56. The third-order valence-corrected chi connectivity index (χ3v) is 2.74. The molecule has 0 saturated heterocycles. The predicted molar refractivity (Wildman–Crippen MR) is 68.2 cm³/mol. The fraction of sp³-hybridized carbons (Fsp3) is 0.462. The van der Waals surface area contributed by atoms with Crippen molar-refractivity contribution in [2.45, 2.75) is 33.7 Å². The summed E-state index contributed by atoms with van der Waals surface area (Å²) in [4.78, 5) is 0. The molecule has 0 spiro atoms. The zero-order valence-corrected chi connectivity index (χ0v) is 10.2. The lowest BCUT2D eigenvalue weighted by atomic mass is 9.92. The van der Waals surface area contributed by atoms with E-state index in [1.54, 1.807) is 0 Å². The van der Waals surface area contributed by atoms with Crippen LogP contribution in [0.3, 0.4) is 0 Å². The van der Waals surface area contributed by atoms with Gasteiger partial charge in [-0.3, -0.25) is 4.68 Å². The number of aryl methyl sites for hydroxylation is 1. The lowest BCUT2D eigenvalue weighted by Gasteiger charge is -2.17. The number of nitrogen functional groups attached to an aromatic ring is 1. The molecule has 2 rings (SSSR count). The Balaban J connectivity index is 2.28. The molecule has 0 unspecified atom stereocenters. The standard InChI is InChI=1S/C13H19N3/c1-13(2,3)6-7-16-12-8-11(14)5-4-10(12)9-15-16/h4-5,8-9H,6-7,14H2,1-3H3. The topological polar surface area (TPSA) is 43.8 Å². The number of fused-ring (bicyclic) bond motifs is 1. The van der Waals surface area contributed by atoms with Crippen molar-refractivity contribution in [3.63, 3.8) is 0 Å². The van der Waals surface area contributed by atoms with Gasteiger partial charge in [-0.2, -0.15) is 5.10 Å². The fourth-order valence-corrected chi connectivity index (χ4v) is 1.71. The molecule has 1 aromatic heterocycles. The van der Waals surface area contributed by atoms with Crippen LogP contribution in [0.5, 0.6) is 0 Å². The molecule has 0 radical (unpaired) electrons. The Kier molecular flexibility index (Phi) is 2.62. The zero-order valence-electron chi connectivity index (χ0n) is 10.2. The van der Waals surface area contributed by atoms with Gasteiger partial charge in [0.25, 0.3) is 0 Å². The van der Waals surface area contributed by atoms with Gasteiger partial charge in [0.05, 0.1) is 11.7 Å². The van der Waals surface area contributed by atoms with Crippen LogP contribution in [0.1, 0.15) is 27.2 Å². The van der Waals surface area contributed by atoms with E-state index in [0.717, 1.165) is 29.6 Å². The van der Waals surface area contributed by atoms with Crippen molar-refractivity contribution in [3.05, 3.63) is 24.4 Å². The summed E-state index contributed by atoms with van der Waals surface area (Å²) in [6, 6.07) is 5.92. The van der Waals surface area contributed by atoms with Crippen LogP contribution >= 0.6 is 0 Å². The lowest BCUT2D eigenvalue weighted by molar-refractivity contribution is 0.344. The molecular weight excluding hydrogens is 198 g/mol. The van der Waals surface area contributed by atoms with E-state index in [-0.39, 0.29) is 0 Å². The summed E-state index contributed by atoms with van der Waals surface area (Å²) in [7, 11) is 0. The van der Waals surface area contributed by atoms with Crippen molar-refractivity contribution >= 4 is 16.6 Å². The molecule has 0 aliphatic heterocycles. The van der Waals surface area contributed by atoms with E-state index in [1.807, 2.05) is 29.1 Å². The number of nitrogens with two attached hydrogens (primary N) is 1. The Morgan fingerprint density at radius 2 is 2.06 bits per heavy atom. The number of hydrogen-bond donors (Lipinski definition) is 1. The van der Waals surface area contributed by atoms with Gasteiger partial charge in [-0.15, -0.1) is 0 Å². The van der Waals surface area contributed by atoms with Crippen LogP contribution in [0, 0.1) is 5.41 Å². The maximum absolute atomic E-state index is 5.79. The third-order valence-electron chi connectivity index (χ3n) is 2.74.